The van der Waals surface area contributed by atoms with Crippen LogP contribution < -0.4 is 0 Å². The largest absolute Gasteiger partial charge is 0.466 e. The maximum atomic E-state index is 11.9. The fourth-order valence-electron chi connectivity index (χ4n) is 1.64. The van der Waals surface area contributed by atoms with Crippen LogP contribution in [-0.2, 0) is 24.2 Å². The number of ketones is 1. The minimum Gasteiger partial charge on any atom is -0.466 e. The average Bonchev–Trinajstić information content (AvgIpc) is 2.38. The van der Waals surface area contributed by atoms with E-state index < -0.39 is 15.6 Å². The third-order valence-electron chi connectivity index (χ3n) is 2.61. The second-order valence-corrected chi connectivity index (χ2v) is 6.40. The summed E-state index contributed by atoms with van der Waals surface area (Å²) in [5.41, 5.74) is 0. The molecule has 0 heterocycles. The number of rotatable bonds is 8. The van der Waals surface area contributed by atoms with Crippen LogP contribution in [0.4, 0.5) is 0 Å². The normalized spacial score (nSPS) is 11.1. The summed E-state index contributed by atoms with van der Waals surface area (Å²) in [6.45, 7) is 1.58. The van der Waals surface area contributed by atoms with Gasteiger partial charge in [0.1, 0.15) is 11.5 Å². The van der Waals surface area contributed by atoms with E-state index in [1.165, 1.54) is 19.1 Å². The Hall–Kier alpha value is -1.69. The lowest BCUT2D eigenvalue weighted by atomic mass is 10.2. The summed E-state index contributed by atoms with van der Waals surface area (Å²) in [6, 6.07) is 7.91. The highest BCUT2D eigenvalue weighted by Crippen LogP contribution is 2.11. The molecule has 0 amide bonds. The van der Waals surface area contributed by atoms with Crippen LogP contribution in [0.2, 0.25) is 0 Å². The van der Waals surface area contributed by atoms with E-state index in [4.69, 9.17) is 4.74 Å². The van der Waals surface area contributed by atoms with Crippen LogP contribution in [-0.4, -0.2) is 32.5 Å². The van der Waals surface area contributed by atoms with Gasteiger partial charge in [-0.15, -0.1) is 0 Å². The molecule has 0 aliphatic rings. The summed E-state index contributed by atoms with van der Waals surface area (Å²) < 4.78 is 28.6. The van der Waals surface area contributed by atoms with Crippen molar-refractivity contribution < 1.29 is 22.7 Å². The molecule has 0 fully saturated rings. The Balaban J connectivity index is 2.37. The maximum Gasteiger partial charge on any atom is 0.302 e. The topological polar surface area (TPSA) is 77.5 Å². The number of sulfone groups is 1. The Morgan fingerprint density at radius 3 is 2.35 bits per heavy atom. The summed E-state index contributed by atoms with van der Waals surface area (Å²) in [6.07, 6.45) is 1.24. The number of unbranched alkanes of at least 4 members (excludes halogenated alkanes) is 1. The number of benzene rings is 1. The van der Waals surface area contributed by atoms with Gasteiger partial charge in [-0.1, -0.05) is 18.2 Å². The van der Waals surface area contributed by atoms with Crippen LogP contribution in [0.15, 0.2) is 35.2 Å². The van der Waals surface area contributed by atoms with Gasteiger partial charge < -0.3 is 4.74 Å². The average molecular weight is 298 g/mol. The van der Waals surface area contributed by atoms with Gasteiger partial charge in [0.15, 0.2) is 9.84 Å². The second kappa shape index (κ2) is 7.79. The van der Waals surface area contributed by atoms with Crippen molar-refractivity contribution in [1.82, 2.24) is 0 Å². The van der Waals surface area contributed by atoms with Crippen molar-refractivity contribution in [2.45, 2.75) is 31.1 Å². The molecule has 0 saturated carbocycles. The molecule has 5 nitrogen and oxygen atoms in total. The minimum atomic E-state index is -3.55. The molecule has 6 heteroatoms. The Morgan fingerprint density at radius 1 is 1.10 bits per heavy atom. The molecule has 0 bridgehead atoms. The Labute approximate surface area is 118 Å². The molecule has 1 aromatic carbocycles. The number of carbonyl (C=O) groups is 2. The first-order valence-electron chi connectivity index (χ1n) is 6.34. The van der Waals surface area contributed by atoms with Crippen molar-refractivity contribution in [2.75, 3.05) is 12.4 Å². The molecule has 0 aliphatic carbocycles. The Morgan fingerprint density at radius 2 is 1.75 bits per heavy atom. The van der Waals surface area contributed by atoms with Crippen molar-refractivity contribution in [3.05, 3.63) is 30.3 Å². The lowest BCUT2D eigenvalue weighted by Gasteiger charge is -2.04. The van der Waals surface area contributed by atoms with Gasteiger partial charge in [0.25, 0.3) is 0 Å². The zero-order valence-corrected chi connectivity index (χ0v) is 12.2. The van der Waals surface area contributed by atoms with Gasteiger partial charge in [-0.25, -0.2) is 8.42 Å². The van der Waals surface area contributed by atoms with E-state index in [2.05, 4.69) is 0 Å². The first-order chi connectivity index (χ1) is 9.42. The van der Waals surface area contributed by atoms with E-state index in [1.54, 1.807) is 18.2 Å². The van der Waals surface area contributed by atoms with Gasteiger partial charge in [0.05, 0.1) is 11.5 Å². The van der Waals surface area contributed by atoms with Crippen molar-refractivity contribution in [1.29, 1.82) is 0 Å². The molecule has 0 aromatic heterocycles. The molecule has 0 saturated heterocycles. The van der Waals surface area contributed by atoms with Crippen LogP contribution in [0.3, 0.4) is 0 Å². The number of hydrogen-bond acceptors (Lipinski definition) is 5. The molecule has 1 aromatic rings. The molecule has 0 radical (unpaired) electrons. The number of esters is 1. The molecule has 0 aliphatic heterocycles. The summed E-state index contributed by atoms with van der Waals surface area (Å²) >= 11 is 0. The number of carbonyl (C=O) groups excluding carboxylic acids is 2. The van der Waals surface area contributed by atoms with Gasteiger partial charge in [-0.05, 0) is 25.0 Å². The maximum absolute atomic E-state index is 11.9. The Bertz CT molecular complexity index is 548. The van der Waals surface area contributed by atoms with E-state index in [1.807, 2.05) is 0 Å². The van der Waals surface area contributed by atoms with E-state index in [-0.39, 0.29) is 29.7 Å². The van der Waals surface area contributed by atoms with Gasteiger partial charge in [0.2, 0.25) is 0 Å². The standard InChI is InChI=1S/C14H18O5S/c1-12(15)19-10-6-5-7-13(16)11-20(17,18)14-8-3-2-4-9-14/h2-4,8-9H,5-7,10-11H2,1H3. The summed E-state index contributed by atoms with van der Waals surface area (Å²) in [4.78, 5) is 22.3. The molecule has 0 atom stereocenters. The van der Waals surface area contributed by atoms with Crippen LogP contribution >= 0.6 is 0 Å². The first-order valence-corrected chi connectivity index (χ1v) is 8.00. The molecule has 110 valence electrons. The highest BCUT2D eigenvalue weighted by molar-refractivity contribution is 7.92. The smallest absolute Gasteiger partial charge is 0.302 e. The third-order valence-corrected chi connectivity index (χ3v) is 4.30. The quantitative estimate of drug-likeness (QED) is 0.540. The summed E-state index contributed by atoms with van der Waals surface area (Å²) in [7, 11) is -3.55. The number of ether oxygens (including phenoxy) is 1. The van der Waals surface area contributed by atoms with E-state index in [9.17, 15) is 18.0 Å². The van der Waals surface area contributed by atoms with Crippen LogP contribution in [0.1, 0.15) is 26.2 Å². The van der Waals surface area contributed by atoms with E-state index in [0.29, 0.717) is 12.8 Å². The highest BCUT2D eigenvalue weighted by Gasteiger charge is 2.18. The molecule has 0 N–H and O–H groups in total. The van der Waals surface area contributed by atoms with Crippen LogP contribution in [0.5, 0.6) is 0 Å². The summed E-state index contributed by atoms with van der Waals surface area (Å²) in [5, 5.41) is 0. The van der Waals surface area contributed by atoms with Crippen molar-refractivity contribution in [3.63, 3.8) is 0 Å². The van der Waals surface area contributed by atoms with E-state index in [0.717, 1.165) is 0 Å². The van der Waals surface area contributed by atoms with Crippen molar-refractivity contribution in [2.24, 2.45) is 0 Å². The SMILES string of the molecule is CC(=O)OCCCCC(=O)CS(=O)(=O)c1ccccc1. The molecular weight excluding hydrogens is 280 g/mol. The molecular formula is C14H18O5S. The monoisotopic (exact) mass is 298 g/mol. The van der Waals surface area contributed by atoms with Gasteiger partial charge in [-0.2, -0.15) is 0 Å². The first kappa shape index (κ1) is 16.4. The highest BCUT2D eigenvalue weighted by atomic mass is 32.2. The predicted molar refractivity (Wildman–Crippen MR) is 74.0 cm³/mol. The fraction of sp³-hybridized carbons (Fsp3) is 0.429. The number of Topliss-reactive ketones (excluding diaryl/α,β-unsaturated/α-hetero) is 1. The van der Waals surface area contributed by atoms with E-state index >= 15 is 0 Å². The van der Waals surface area contributed by atoms with Crippen LogP contribution in [0, 0.1) is 0 Å². The fourth-order valence-corrected chi connectivity index (χ4v) is 2.94. The summed E-state index contributed by atoms with van der Waals surface area (Å²) in [5.74, 6) is -1.16. The second-order valence-electron chi connectivity index (χ2n) is 4.41. The number of hydrogen-bond donors (Lipinski definition) is 0. The Kier molecular flexibility index (Phi) is 6.38. The van der Waals surface area contributed by atoms with Gasteiger partial charge >= 0.3 is 5.97 Å². The van der Waals surface area contributed by atoms with Gasteiger partial charge in [0, 0.05) is 13.3 Å². The van der Waals surface area contributed by atoms with Crippen LogP contribution in [0.25, 0.3) is 0 Å². The van der Waals surface area contributed by atoms with Gasteiger partial charge in [-0.3, -0.25) is 9.59 Å². The molecule has 20 heavy (non-hydrogen) atoms. The predicted octanol–water partition coefficient (Wildman–Crippen LogP) is 1.76. The zero-order valence-electron chi connectivity index (χ0n) is 11.4. The lowest BCUT2D eigenvalue weighted by Crippen LogP contribution is -2.16. The molecule has 0 spiro atoms. The molecule has 0 unspecified atom stereocenters. The molecule has 1 rings (SSSR count). The van der Waals surface area contributed by atoms with Crippen molar-refractivity contribution >= 4 is 21.6 Å². The van der Waals surface area contributed by atoms with Crippen molar-refractivity contribution in [3.8, 4) is 0 Å². The zero-order chi connectivity index (χ0) is 15.0. The minimum absolute atomic E-state index is 0.160. The lowest BCUT2D eigenvalue weighted by molar-refractivity contribution is -0.141. The third kappa shape index (κ3) is 5.97.